The second-order valence-corrected chi connectivity index (χ2v) is 8.54. The number of aromatic nitrogens is 2. The number of rotatable bonds is 12. The highest BCUT2D eigenvalue weighted by atomic mass is 16.5. The zero-order chi connectivity index (χ0) is 23.3. The van der Waals surface area contributed by atoms with E-state index in [0.29, 0.717) is 44.2 Å². The lowest BCUT2D eigenvalue weighted by molar-refractivity contribution is -0.158. The maximum absolute atomic E-state index is 12.6. The molecule has 2 atom stereocenters. The molecule has 1 aromatic heterocycles. The van der Waals surface area contributed by atoms with Crippen molar-refractivity contribution < 1.29 is 19.5 Å². The van der Waals surface area contributed by atoms with Crippen LogP contribution in [0.15, 0.2) is 4.79 Å². The molecule has 2 fully saturated rings. The Kier molecular flexibility index (Phi) is 8.35. The van der Waals surface area contributed by atoms with Gasteiger partial charge in [-0.05, 0) is 32.6 Å². The SMILES string of the molecule is CCC(CCOC)Nc1nc(C(C)N2CC(OC3CC(C(=O)NO)C3)C2)[nH]c(=O)c1C=N. The molecule has 1 saturated heterocycles. The number of ether oxygens (including phenoxy) is 2. The Hall–Kier alpha value is -2.34. The normalized spacial score (nSPS) is 23.0. The molecule has 178 valence electrons. The van der Waals surface area contributed by atoms with Gasteiger partial charge in [-0.2, -0.15) is 0 Å². The van der Waals surface area contributed by atoms with E-state index in [0.717, 1.165) is 19.1 Å². The number of H-pyrrole nitrogens is 1. The van der Waals surface area contributed by atoms with Gasteiger partial charge in [0, 0.05) is 45.0 Å². The molecule has 5 N–H and O–H groups in total. The van der Waals surface area contributed by atoms with Gasteiger partial charge in [-0.15, -0.1) is 0 Å². The maximum atomic E-state index is 12.6. The zero-order valence-electron chi connectivity index (χ0n) is 18.9. The predicted molar refractivity (Wildman–Crippen MR) is 118 cm³/mol. The van der Waals surface area contributed by atoms with E-state index in [1.165, 1.54) is 0 Å². The second-order valence-electron chi connectivity index (χ2n) is 8.54. The van der Waals surface area contributed by atoms with Crippen molar-refractivity contribution in [2.75, 3.05) is 32.1 Å². The summed E-state index contributed by atoms with van der Waals surface area (Å²) in [6.45, 7) is 6.04. The Labute approximate surface area is 187 Å². The number of likely N-dealkylation sites (tertiary alicyclic amines) is 1. The zero-order valence-corrected chi connectivity index (χ0v) is 18.9. The molecule has 2 heterocycles. The Balaban J connectivity index is 1.58. The second kappa shape index (κ2) is 11.0. The van der Waals surface area contributed by atoms with Crippen molar-refractivity contribution in [3.63, 3.8) is 0 Å². The summed E-state index contributed by atoms with van der Waals surface area (Å²) in [4.78, 5) is 33.6. The molecule has 1 saturated carbocycles. The largest absolute Gasteiger partial charge is 0.385 e. The van der Waals surface area contributed by atoms with E-state index in [9.17, 15) is 9.59 Å². The highest BCUT2D eigenvalue weighted by Gasteiger charge is 2.40. The Morgan fingerprint density at radius 3 is 2.72 bits per heavy atom. The van der Waals surface area contributed by atoms with Crippen molar-refractivity contribution in [3.05, 3.63) is 21.7 Å². The number of aromatic amines is 1. The summed E-state index contributed by atoms with van der Waals surface area (Å²) in [7, 11) is 1.65. The maximum Gasteiger partial charge on any atom is 0.261 e. The molecule has 1 aliphatic heterocycles. The Morgan fingerprint density at radius 2 is 2.12 bits per heavy atom. The van der Waals surface area contributed by atoms with E-state index < -0.39 is 0 Å². The summed E-state index contributed by atoms with van der Waals surface area (Å²) in [6.07, 6.45) is 4.00. The van der Waals surface area contributed by atoms with Gasteiger partial charge in [-0.1, -0.05) is 6.92 Å². The predicted octanol–water partition coefficient (Wildman–Crippen LogP) is 1.04. The lowest BCUT2D eigenvalue weighted by Crippen LogP contribution is -2.56. The van der Waals surface area contributed by atoms with Crippen LogP contribution in [0.25, 0.3) is 0 Å². The van der Waals surface area contributed by atoms with E-state index in [1.54, 1.807) is 12.6 Å². The number of hydrogen-bond donors (Lipinski definition) is 5. The van der Waals surface area contributed by atoms with E-state index in [-0.39, 0.29) is 47.2 Å². The van der Waals surface area contributed by atoms with Crippen LogP contribution in [-0.2, 0) is 14.3 Å². The van der Waals surface area contributed by atoms with Gasteiger partial charge in [-0.25, -0.2) is 10.5 Å². The number of hydroxylamine groups is 1. The minimum absolute atomic E-state index is 0.0402. The molecule has 32 heavy (non-hydrogen) atoms. The van der Waals surface area contributed by atoms with Crippen LogP contribution in [0.3, 0.4) is 0 Å². The standard InChI is InChI=1S/C21H34N6O5/c1-4-14(5-6-31-3)23-19-17(9-22)21(29)25-18(24-19)12(2)27-10-16(11-27)32-15-7-13(8-15)20(28)26-30/h9,12-16,22,30H,4-8,10-11H2,1-3H3,(H,26,28)(H2,23,24,25,29). The molecule has 3 rings (SSSR count). The summed E-state index contributed by atoms with van der Waals surface area (Å²) in [6, 6.07) is -0.0247. The van der Waals surface area contributed by atoms with Gasteiger partial charge in [0.15, 0.2) is 0 Å². The summed E-state index contributed by atoms with van der Waals surface area (Å²) < 4.78 is 11.2. The first kappa shape index (κ1) is 24.3. The van der Waals surface area contributed by atoms with Gasteiger partial charge in [0.25, 0.3) is 5.56 Å². The first-order valence-corrected chi connectivity index (χ1v) is 11.1. The van der Waals surface area contributed by atoms with Crippen molar-refractivity contribution >= 4 is 17.9 Å². The van der Waals surface area contributed by atoms with Crippen LogP contribution in [0, 0.1) is 11.3 Å². The summed E-state index contributed by atoms with van der Waals surface area (Å²) in [5.41, 5.74) is 1.57. The number of amides is 1. The van der Waals surface area contributed by atoms with Crippen molar-refractivity contribution in [3.8, 4) is 0 Å². The average molecular weight is 451 g/mol. The van der Waals surface area contributed by atoms with Gasteiger partial charge in [0.1, 0.15) is 11.6 Å². The van der Waals surface area contributed by atoms with Crippen LogP contribution in [0.5, 0.6) is 0 Å². The number of carbonyl (C=O) groups excluding carboxylic acids is 1. The van der Waals surface area contributed by atoms with Crippen molar-refractivity contribution in [2.45, 2.75) is 63.8 Å². The van der Waals surface area contributed by atoms with E-state index >= 15 is 0 Å². The summed E-state index contributed by atoms with van der Waals surface area (Å²) in [5.74, 6) is 0.438. The van der Waals surface area contributed by atoms with Crippen LogP contribution < -0.4 is 16.4 Å². The number of hydrogen-bond acceptors (Lipinski definition) is 9. The molecule has 0 spiro atoms. The lowest BCUT2D eigenvalue weighted by atomic mass is 9.81. The third kappa shape index (κ3) is 5.52. The monoisotopic (exact) mass is 450 g/mol. The molecule has 0 aromatic carbocycles. The molecule has 1 aromatic rings. The highest BCUT2D eigenvalue weighted by Crippen LogP contribution is 2.34. The first-order valence-electron chi connectivity index (χ1n) is 11.1. The summed E-state index contributed by atoms with van der Waals surface area (Å²) >= 11 is 0. The third-order valence-corrected chi connectivity index (χ3v) is 6.40. The minimum atomic E-state index is -0.353. The summed E-state index contributed by atoms with van der Waals surface area (Å²) in [5, 5.41) is 19.6. The van der Waals surface area contributed by atoms with Crippen molar-refractivity contribution in [2.24, 2.45) is 5.92 Å². The number of nitrogens with one attached hydrogen (secondary N) is 4. The lowest BCUT2D eigenvalue weighted by Gasteiger charge is -2.46. The van der Waals surface area contributed by atoms with Gasteiger partial charge < -0.3 is 25.2 Å². The minimum Gasteiger partial charge on any atom is -0.385 e. The van der Waals surface area contributed by atoms with Crippen molar-refractivity contribution in [1.82, 2.24) is 20.3 Å². The van der Waals surface area contributed by atoms with Gasteiger partial charge >= 0.3 is 0 Å². The number of nitrogens with zero attached hydrogens (tertiary/aromatic N) is 2. The molecular weight excluding hydrogens is 416 g/mol. The van der Waals surface area contributed by atoms with E-state index in [1.807, 2.05) is 6.92 Å². The van der Waals surface area contributed by atoms with Crippen LogP contribution in [0.1, 0.15) is 57.0 Å². The molecule has 11 heteroatoms. The fourth-order valence-corrected chi connectivity index (χ4v) is 4.07. The fourth-order valence-electron chi connectivity index (χ4n) is 4.07. The van der Waals surface area contributed by atoms with Crippen LogP contribution in [0.4, 0.5) is 5.82 Å². The van der Waals surface area contributed by atoms with Crippen molar-refractivity contribution in [1.29, 1.82) is 5.41 Å². The molecule has 11 nitrogen and oxygen atoms in total. The quantitative estimate of drug-likeness (QED) is 0.180. The topological polar surface area (TPSA) is 153 Å². The highest BCUT2D eigenvalue weighted by molar-refractivity contribution is 5.83. The fraction of sp³-hybridized carbons (Fsp3) is 0.714. The Morgan fingerprint density at radius 1 is 1.41 bits per heavy atom. The molecule has 1 amide bonds. The van der Waals surface area contributed by atoms with Gasteiger partial charge in [-0.3, -0.25) is 19.7 Å². The van der Waals surface area contributed by atoms with E-state index in [2.05, 4.69) is 27.1 Å². The average Bonchev–Trinajstić information content (AvgIpc) is 2.73. The molecule has 2 unspecified atom stereocenters. The molecular formula is C21H34N6O5. The number of carbonyl (C=O) groups is 1. The molecule has 0 radical (unpaired) electrons. The molecule has 1 aliphatic carbocycles. The number of methoxy groups -OCH3 is 1. The first-order chi connectivity index (χ1) is 15.4. The molecule has 2 aliphatic rings. The Bertz CT molecular complexity index is 850. The van der Waals surface area contributed by atoms with Gasteiger partial charge in [0.05, 0.1) is 23.8 Å². The third-order valence-electron chi connectivity index (χ3n) is 6.40. The number of anilines is 1. The van der Waals surface area contributed by atoms with Gasteiger partial charge in [0.2, 0.25) is 5.91 Å². The molecule has 0 bridgehead atoms. The van der Waals surface area contributed by atoms with Crippen LogP contribution >= 0.6 is 0 Å². The van der Waals surface area contributed by atoms with Crippen LogP contribution in [0.2, 0.25) is 0 Å². The van der Waals surface area contributed by atoms with E-state index in [4.69, 9.17) is 20.1 Å². The smallest absolute Gasteiger partial charge is 0.261 e. The van der Waals surface area contributed by atoms with Crippen LogP contribution in [-0.4, -0.2) is 77.3 Å².